The van der Waals surface area contributed by atoms with E-state index >= 15 is 0 Å². The zero-order valence-corrected chi connectivity index (χ0v) is 49.9. The van der Waals surface area contributed by atoms with E-state index in [9.17, 15) is 30.3 Å². The van der Waals surface area contributed by atoms with Crippen molar-refractivity contribution in [3.05, 3.63) is 109 Å². The molecule has 78 heavy (non-hydrogen) atoms. The Labute approximate surface area is 478 Å². The van der Waals surface area contributed by atoms with E-state index in [1.165, 1.54) is 161 Å². The first-order chi connectivity index (χ1) is 38.3. The van der Waals surface area contributed by atoms with Crippen molar-refractivity contribution < 1.29 is 39.8 Å². The quantitative estimate of drug-likeness (QED) is 0.0261. The summed E-state index contributed by atoms with van der Waals surface area (Å²) in [7, 11) is 0. The zero-order valence-electron chi connectivity index (χ0n) is 49.9. The minimum absolute atomic E-state index is 0.190. The van der Waals surface area contributed by atoms with Crippen molar-refractivity contribution in [2.24, 2.45) is 0 Å². The molecule has 7 unspecified atom stereocenters. The molecule has 1 heterocycles. The summed E-state index contributed by atoms with van der Waals surface area (Å²) in [5, 5.41) is 54.6. The number of carbonyl (C=O) groups is 1. The van der Waals surface area contributed by atoms with Gasteiger partial charge in [0.15, 0.2) is 6.29 Å². The predicted octanol–water partition coefficient (Wildman–Crippen LogP) is 16.9. The van der Waals surface area contributed by atoms with E-state index in [4.69, 9.17) is 9.47 Å². The smallest absolute Gasteiger partial charge is 0.220 e. The van der Waals surface area contributed by atoms with Crippen molar-refractivity contribution in [2.75, 3.05) is 13.2 Å². The average molecular weight is 1090 g/mol. The van der Waals surface area contributed by atoms with Gasteiger partial charge in [0.25, 0.3) is 0 Å². The third-order valence-corrected chi connectivity index (χ3v) is 14.6. The van der Waals surface area contributed by atoms with Crippen molar-refractivity contribution in [2.45, 2.75) is 307 Å². The molecule has 1 saturated heterocycles. The molecule has 6 N–H and O–H groups in total. The maximum absolute atomic E-state index is 13.1. The van der Waals surface area contributed by atoms with Crippen LogP contribution in [0.5, 0.6) is 0 Å². The molecule has 1 fully saturated rings. The van der Waals surface area contributed by atoms with E-state index in [0.29, 0.717) is 6.42 Å². The summed E-state index contributed by atoms with van der Waals surface area (Å²) in [6.45, 7) is 3.66. The fourth-order valence-corrected chi connectivity index (χ4v) is 9.57. The van der Waals surface area contributed by atoms with Gasteiger partial charge in [0.2, 0.25) is 5.91 Å². The molecule has 1 amide bonds. The first-order valence-corrected chi connectivity index (χ1v) is 32.1. The highest BCUT2D eigenvalue weighted by Crippen LogP contribution is 2.23. The number of amides is 1. The van der Waals surface area contributed by atoms with Crippen LogP contribution in [0.25, 0.3) is 0 Å². The average Bonchev–Trinajstić information content (AvgIpc) is 3.45. The van der Waals surface area contributed by atoms with E-state index in [1.54, 1.807) is 6.08 Å². The van der Waals surface area contributed by atoms with Gasteiger partial charge in [-0.3, -0.25) is 4.79 Å². The molecule has 0 spiro atoms. The highest BCUT2D eigenvalue weighted by atomic mass is 16.7. The molecule has 0 aromatic heterocycles. The van der Waals surface area contributed by atoms with Crippen molar-refractivity contribution in [1.29, 1.82) is 0 Å². The summed E-state index contributed by atoms with van der Waals surface area (Å²) in [4.78, 5) is 13.1. The molecular weight excluding hydrogens is 971 g/mol. The normalized spacial score (nSPS) is 19.4. The molecule has 448 valence electrons. The monoisotopic (exact) mass is 1090 g/mol. The van der Waals surface area contributed by atoms with Gasteiger partial charge in [-0.2, -0.15) is 0 Å². The number of hydrogen-bond donors (Lipinski definition) is 6. The number of nitrogens with one attached hydrogen (secondary N) is 1. The van der Waals surface area contributed by atoms with Gasteiger partial charge in [-0.05, 0) is 89.9 Å². The minimum atomic E-state index is -1.58. The molecule has 0 radical (unpaired) electrons. The van der Waals surface area contributed by atoms with Gasteiger partial charge in [0.1, 0.15) is 24.4 Å². The number of carbonyl (C=O) groups excluding carboxylic acids is 1. The van der Waals surface area contributed by atoms with E-state index < -0.39 is 49.5 Å². The van der Waals surface area contributed by atoms with Crippen LogP contribution in [0.4, 0.5) is 0 Å². The second kappa shape index (κ2) is 57.1. The molecule has 1 aliphatic heterocycles. The SMILES string of the molecule is CC/C=C\C/C=C\C/C=C\C/C=C\C/C=C\C/C=C\C/C=C\CCCCCCCCCCCCCCCC(=O)NC(COC1OC(CO)C(O)C(O)C1O)C(O)/C=C/CC/C=C/CCCCCCCCCCCCCCCC. The maximum atomic E-state index is 13.1. The van der Waals surface area contributed by atoms with Crippen molar-refractivity contribution in [3.8, 4) is 0 Å². The van der Waals surface area contributed by atoms with Gasteiger partial charge in [0, 0.05) is 6.42 Å². The minimum Gasteiger partial charge on any atom is -0.394 e. The Morgan fingerprint density at radius 3 is 1.23 bits per heavy atom. The van der Waals surface area contributed by atoms with Gasteiger partial charge in [0.05, 0.1) is 25.4 Å². The Hall–Kier alpha value is -3.15. The number of aliphatic hydroxyl groups is 5. The third kappa shape index (κ3) is 45.6. The van der Waals surface area contributed by atoms with E-state index in [0.717, 1.165) is 83.5 Å². The molecule has 1 aliphatic rings. The van der Waals surface area contributed by atoms with E-state index in [2.05, 4.69) is 116 Å². The summed E-state index contributed by atoms with van der Waals surface area (Å²) in [6, 6.07) is -0.829. The molecule has 7 atom stereocenters. The van der Waals surface area contributed by atoms with Crippen LogP contribution < -0.4 is 5.32 Å². The first-order valence-electron chi connectivity index (χ1n) is 32.1. The summed E-state index contributed by atoms with van der Waals surface area (Å²) >= 11 is 0. The number of ether oxygens (including phenoxy) is 2. The second-order valence-electron chi connectivity index (χ2n) is 21.8. The van der Waals surface area contributed by atoms with Crippen LogP contribution in [0.2, 0.25) is 0 Å². The molecule has 9 nitrogen and oxygen atoms in total. The van der Waals surface area contributed by atoms with Crippen molar-refractivity contribution >= 4 is 5.91 Å². The van der Waals surface area contributed by atoms with E-state index in [-0.39, 0.29) is 12.5 Å². The number of unbranched alkanes of at least 4 members (excludes halogenated alkanes) is 28. The van der Waals surface area contributed by atoms with Gasteiger partial charge >= 0.3 is 0 Å². The second-order valence-corrected chi connectivity index (χ2v) is 21.8. The van der Waals surface area contributed by atoms with Crippen molar-refractivity contribution in [3.63, 3.8) is 0 Å². The lowest BCUT2D eigenvalue weighted by Crippen LogP contribution is -2.60. The predicted molar refractivity (Wildman–Crippen MR) is 331 cm³/mol. The van der Waals surface area contributed by atoms with Gasteiger partial charge in [-0.25, -0.2) is 0 Å². The maximum Gasteiger partial charge on any atom is 0.220 e. The number of rotatable bonds is 54. The highest BCUT2D eigenvalue weighted by molar-refractivity contribution is 5.76. The molecule has 1 rings (SSSR count). The number of allylic oxidation sites excluding steroid dienone is 17. The van der Waals surface area contributed by atoms with Crippen LogP contribution in [-0.4, -0.2) is 87.5 Å². The topological polar surface area (TPSA) is 149 Å². The van der Waals surface area contributed by atoms with Crippen LogP contribution >= 0.6 is 0 Å². The Kier molecular flexibility index (Phi) is 53.3. The summed E-state index contributed by atoms with van der Waals surface area (Å²) < 4.78 is 11.3. The Bertz CT molecular complexity index is 1590. The zero-order chi connectivity index (χ0) is 56.5. The fourth-order valence-electron chi connectivity index (χ4n) is 9.57. The van der Waals surface area contributed by atoms with Gasteiger partial charge in [-0.15, -0.1) is 0 Å². The Morgan fingerprint density at radius 1 is 0.449 bits per heavy atom. The molecule has 0 bridgehead atoms. The van der Waals surface area contributed by atoms with Crippen LogP contribution in [0.15, 0.2) is 109 Å². The third-order valence-electron chi connectivity index (χ3n) is 14.6. The lowest BCUT2D eigenvalue weighted by atomic mass is 9.99. The summed E-state index contributed by atoms with van der Waals surface area (Å²) in [5.41, 5.74) is 0. The van der Waals surface area contributed by atoms with E-state index in [1.807, 2.05) is 6.08 Å². The Morgan fingerprint density at radius 2 is 0.808 bits per heavy atom. The van der Waals surface area contributed by atoms with Gasteiger partial charge < -0.3 is 40.3 Å². The number of aliphatic hydroxyl groups excluding tert-OH is 5. The molecular formula is C69H119NO8. The number of hydrogen-bond acceptors (Lipinski definition) is 8. The Balaban J connectivity index is 2.18. The van der Waals surface area contributed by atoms with Gasteiger partial charge in [-0.1, -0.05) is 277 Å². The summed E-state index contributed by atoms with van der Waals surface area (Å²) in [5.74, 6) is -0.190. The van der Waals surface area contributed by atoms with Crippen LogP contribution in [0.1, 0.15) is 264 Å². The largest absolute Gasteiger partial charge is 0.394 e. The molecule has 0 aromatic carbocycles. The molecule has 9 heteroatoms. The lowest BCUT2D eigenvalue weighted by molar-refractivity contribution is -0.302. The van der Waals surface area contributed by atoms with Crippen LogP contribution in [-0.2, 0) is 14.3 Å². The molecule has 0 aliphatic carbocycles. The highest BCUT2D eigenvalue weighted by Gasteiger charge is 2.44. The fraction of sp³-hybridized carbons (Fsp3) is 0.725. The first kappa shape index (κ1) is 72.9. The van der Waals surface area contributed by atoms with Crippen LogP contribution in [0, 0.1) is 0 Å². The summed E-state index contributed by atoms with van der Waals surface area (Å²) in [6.07, 6.45) is 77.4. The molecule has 0 aromatic rings. The standard InChI is InChI=1S/C69H119NO8/c1-3-5-7-9-11-13-15-17-19-21-23-25-26-27-28-29-30-31-32-33-34-35-36-37-38-39-41-43-45-47-49-51-53-55-57-59-65(73)70-62(61-77-69-68(76)67(75)66(74)64(60-71)78-69)63(72)58-56-54-52-50-48-46-44-42-40-24-22-20-18-16-14-12-10-8-6-4-2/h5,7,11,13,17,19,23,25,27-28,30-31,33-34,48,50,56,58,62-64,66-69,71-72,74-76H,3-4,6,8-10,12,14-16,18,20-22,24,26,29,32,35-47,49,51-55,57,59-61H2,1-2H3,(H,70,73)/b7-5-,13-11-,19-17-,25-23-,28-27-,31-30-,34-33-,50-48+,58-56+. The lowest BCUT2D eigenvalue weighted by Gasteiger charge is -2.40. The van der Waals surface area contributed by atoms with Crippen molar-refractivity contribution in [1.82, 2.24) is 5.32 Å². The molecule has 0 saturated carbocycles. The van der Waals surface area contributed by atoms with Crippen LogP contribution in [0.3, 0.4) is 0 Å².